The second-order valence-corrected chi connectivity index (χ2v) is 6.21. The van der Waals surface area contributed by atoms with Crippen LogP contribution in [0.4, 0.5) is 0 Å². The maximum absolute atomic E-state index is 4.64. The molecule has 1 atom stereocenters. The molecule has 0 fully saturated rings. The Morgan fingerprint density at radius 2 is 1.90 bits per heavy atom. The summed E-state index contributed by atoms with van der Waals surface area (Å²) in [5.74, 6) is 0.631. The van der Waals surface area contributed by atoms with E-state index >= 15 is 0 Å². The standard InChI is InChI=1S/C17H31N3/c1-7-20(12-16-10-8-9-15(6)19-16)17(13(2)3)11-18-14(4)5/h8-10,13-14,17-18H,7,11-12H2,1-6H3. The third-order valence-electron chi connectivity index (χ3n) is 3.69. The first kappa shape index (κ1) is 17.1. The van der Waals surface area contributed by atoms with Crippen LogP contribution in [-0.4, -0.2) is 35.1 Å². The van der Waals surface area contributed by atoms with Gasteiger partial charge in [0.15, 0.2) is 0 Å². The van der Waals surface area contributed by atoms with Crippen LogP contribution in [0.1, 0.15) is 46.0 Å². The molecule has 0 aliphatic rings. The van der Waals surface area contributed by atoms with Gasteiger partial charge < -0.3 is 5.32 Å². The van der Waals surface area contributed by atoms with Gasteiger partial charge in [-0.1, -0.05) is 40.7 Å². The highest BCUT2D eigenvalue weighted by Crippen LogP contribution is 2.14. The van der Waals surface area contributed by atoms with E-state index in [-0.39, 0.29) is 0 Å². The van der Waals surface area contributed by atoms with Crippen LogP contribution in [0, 0.1) is 12.8 Å². The number of aryl methyl sites for hydroxylation is 1. The highest BCUT2D eigenvalue weighted by Gasteiger charge is 2.21. The van der Waals surface area contributed by atoms with Gasteiger partial charge in [-0.25, -0.2) is 0 Å². The van der Waals surface area contributed by atoms with Gasteiger partial charge in [-0.05, 0) is 31.5 Å². The molecule has 0 saturated heterocycles. The summed E-state index contributed by atoms with van der Waals surface area (Å²) in [5, 5.41) is 3.58. The zero-order valence-electron chi connectivity index (χ0n) is 14.0. The average Bonchev–Trinajstić information content (AvgIpc) is 2.36. The highest BCUT2D eigenvalue weighted by atomic mass is 15.2. The smallest absolute Gasteiger partial charge is 0.0547 e. The minimum Gasteiger partial charge on any atom is -0.313 e. The molecule has 0 amide bonds. The number of nitrogens with zero attached hydrogens (tertiary/aromatic N) is 2. The van der Waals surface area contributed by atoms with Crippen LogP contribution in [-0.2, 0) is 6.54 Å². The summed E-state index contributed by atoms with van der Waals surface area (Å²) >= 11 is 0. The van der Waals surface area contributed by atoms with Crippen molar-refractivity contribution in [2.45, 2.75) is 60.2 Å². The second kappa shape index (κ2) is 8.38. The van der Waals surface area contributed by atoms with Gasteiger partial charge in [0.25, 0.3) is 0 Å². The number of pyridine rings is 1. The van der Waals surface area contributed by atoms with Gasteiger partial charge in [-0.3, -0.25) is 9.88 Å². The van der Waals surface area contributed by atoms with Crippen LogP contribution < -0.4 is 5.32 Å². The minimum absolute atomic E-state index is 0.534. The monoisotopic (exact) mass is 277 g/mol. The maximum Gasteiger partial charge on any atom is 0.0547 e. The van der Waals surface area contributed by atoms with Gasteiger partial charge in [-0.2, -0.15) is 0 Å². The lowest BCUT2D eigenvalue weighted by atomic mass is 10.0. The number of nitrogens with one attached hydrogen (secondary N) is 1. The zero-order valence-corrected chi connectivity index (χ0v) is 14.0. The third-order valence-corrected chi connectivity index (χ3v) is 3.69. The van der Waals surface area contributed by atoms with E-state index in [2.05, 4.69) is 74.9 Å². The van der Waals surface area contributed by atoms with Crippen LogP contribution >= 0.6 is 0 Å². The van der Waals surface area contributed by atoms with Crippen molar-refractivity contribution < 1.29 is 0 Å². The van der Waals surface area contributed by atoms with Crippen molar-refractivity contribution in [3.8, 4) is 0 Å². The molecule has 1 rings (SSSR count). The molecule has 3 heteroatoms. The fraction of sp³-hybridized carbons (Fsp3) is 0.706. The van der Waals surface area contributed by atoms with Crippen molar-refractivity contribution >= 4 is 0 Å². The normalized spacial score (nSPS) is 13.4. The van der Waals surface area contributed by atoms with Gasteiger partial charge in [0.05, 0.1) is 5.69 Å². The molecule has 1 unspecified atom stereocenters. The van der Waals surface area contributed by atoms with Crippen molar-refractivity contribution in [3.63, 3.8) is 0 Å². The Bertz CT molecular complexity index is 388. The van der Waals surface area contributed by atoms with Crippen LogP contribution in [0.15, 0.2) is 18.2 Å². The molecule has 0 aromatic carbocycles. The first-order valence-corrected chi connectivity index (χ1v) is 7.84. The van der Waals surface area contributed by atoms with E-state index in [9.17, 15) is 0 Å². The van der Waals surface area contributed by atoms with Gasteiger partial charge in [-0.15, -0.1) is 0 Å². The van der Waals surface area contributed by atoms with E-state index in [1.807, 2.05) is 0 Å². The molecular formula is C17H31N3. The summed E-state index contributed by atoms with van der Waals surface area (Å²) in [4.78, 5) is 7.17. The number of rotatable bonds is 8. The Hall–Kier alpha value is -0.930. The van der Waals surface area contributed by atoms with E-state index in [4.69, 9.17) is 0 Å². The average molecular weight is 277 g/mol. The molecule has 1 heterocycles. The lowest BCUT2D eigenvalue weighted by molar-refractivity contribution is 0.147. The van der Waals surface area contributed by atoms with Gasteiger partial charge >= 0.3 is 0 Å². The van der Waals surface area contributed by atoms with Crippen LogP contribution in [0.5, 0.6) is 0 Å². The van der Waals surface area contributed by atoms with Crippen molar-refractivity contribution in [1.82, 2.24) is 15.2 Å². The van der Waals surface area contributed by atoms with Gasteiger partial charge in [0.2, 0.25) is 0 Å². The molecule has 1 N–H and O–H groups in total. The number of aromatic nitrogens is 1. The van der Waals surface area contributed by atoms with Crippen molar-refractivity contribution in [1.29, 1.82) is 0 Å². The summed E-state index contributed by atoms with van der Waals surface area (Å²) in [6.07, 6.45) is 0. The fourth-order valence-electron chi connectivity index (χ4n) is 2.50. The van der Waals surface area contributed by atoms with E-state index in [0.717, 1.165) is 25.3 Å². The van der Waals surface area contributed by atoms with Crippen molar-refractivity contribution in [2.75, 3.05) is 13.1 Å². The Kier molecular flexibility index (Phi) is 7.17. The van der Waals surface area contributed by atoms with Crippen LogP contribution in [0.3, 0.4) is 0 Å². The second-order valence-electron chi connectivity index (χ2n) is 6.21. The van der Waals surface area contributed by atoms with Crippen LogP contribution in [0.2, 0.25) is 0 Å². The summed E-state index contributed by atoms with van der Waals surface area (Å²) in [6, 6.07) is 7.36. The fourth-order valence-corrected chi connectivity index (χ4v) is 2.50. The Morgan fingerprint density at radius 1 is 1.20 bits per heavy atom. The molecule has 1 aromatic rings. The summed E-state index contributed by atoms with van der Waals surface area (Å²) in [7, 11) is 0. The van der Waals surface area contributed by atoms with E-state index in [1.54, 1.807) is 0 Å². The summed E-state index contributed by atoms with van der Waals surface area (Å²) in [6.45, 7) is 16.3. The van der Waals surface area contributed by atoms with E-state index in [1.165, 1.54) is 5.69 Å². The first-order chi connectivity index (χ1) is 9.43. The molecule has 114 valence electrons. The topological polar surface area (TPSA) is 28.2 Å². The van der Waals surface area contributed by atoms with Crippen molar-refractivity contribution in [3.05, 3.63) is 29.6 Å². The summed E-state index contributed by atoms with van der Waals surface area (Å²) < 4.78 is 0. The van der Waals surface area contributed by atoms with Gasteiger partial charge in [0.1, 0.15) is 0 Å². The predicted molar refractivity (Wildman–Crippen MR) is 86.8 cm³/mol. The quantitative estimate of drug-likeness (QED) is 0.790. The first-order valence-electron chi connectivity index (χ1n) is 7.84. The molecule has 0 radical (unpaired) electrons. The molecule has 0 aliphatic heterocycles. The molecule has 0 bridgehead atoms. The number of hydrogen-bond acceptors (Lipinski definition) is 3. The zero-order chi connectivity index (χ0) is 15.1. The largest absolute Gasteiger partial charge is 0.313 e. The third kappa shape index (κ3) is 5.59. The molecule has 3 nitrogen and oxygen atoms in total. The Labute approximate surface area is 124 Å². The number of hydrogen-bond donors (Lipinski definition) is 1. The number of likely N-dealkylation sites (N-methyl/N-ethyl adjacent to an activating group) is 1. The van der Waals surface area contributed by atoms with Crippen LogP contribution in [0.25, 0.3) is 0 Å². The molecule has 1 aromatic heterocycles. The Balaban J connectivity index is 2.74. The molecule has 0 spiro atoms. The molecule has 0 saturated carbocycles. The summed E-state index contributed by atoms with van der Waals surface area (Å²) in [5.41, 5.74) is 2.27. The Morgan fingerprint density at radius 3 is 2.40 bits per heavy atom. The SMILES string of the molecule is CCN(Cc1cccc(C)n1)C(CNC(C)C)C(C)C. The molecule has 20 heavy (non-hydrogen) atoms. The van der Waals surface area contributed by atoms with Gasteiger partial charge in [0, 0.05) is 30.9 Å². The van der Waals surface area contributed by atoms with E-state index < -0.39 is 0 Å². The highest BCUT2D eigenvalue weighted by molar-refractivity contribution is 5.10. The molecule has 0 aliphatic carbocycles. The lowest BCUT2D eigenvalue weighted by Crippen LogP contribution is -2.46. The predicted octanol–water partition coefficient (Wildman–Crippen LogP) is 3.23. The molecular weight excluding hydrogens is 246 g/mol. The van der Waals surface area contributed by atoms with E-state index in [0.29, 0.717) is 18.0 Å². The van der Waals surface area contributed by atoms with Crippen molar-refractivity contribution in [2.24, 2.45) is 5.92 Å². The minimum atomic E-state index is 0.534. The lowest BCUT2D eigenvalue weighted by Gasteiger charge is -2.34. The maximum atomic E-state index is 4.64.